The highest BCUT2D eigenvalue weighted by Gasteiger charge is 2.42. The van der Waals surface area contributed by atoms with Crippen molar-refractivity contribution in [1.82, 2.24) is 5.32 Å². The summed E-state index contributed by atoms with van der Waals surface area (Å²) in [6.07, 6.45) is -6.17. The van der Waals surface area contributed by atoms with Crippen molar-refractivity contribution in [2.24, 2.45) is 0 Å². The quantitative estimate of drug-likeness (QED) is 0.719. The molecule has 0 aliphatic rings. The number of nitrogens with one attached hydrogen (secondary N) is 1. The lowest BCUT2D eigenvalue weighted by molar-refractivity contribution is -0.176. The van der Waals surface area contributed by atoms with Crippen LogP contribution >= 0.6 is 0 Å². The summed E-state index contributed by atoms with van der Waals surface area (Å²) in [5.74, 6) is -3.90. The van der Waals surface area contributed by atoms with Crippen LogP contribution in [0.4, 0.5) is 13.2 Å². The van der Waals surface area contributed by atoms with E-state index in [9.17, 15) is 22.8 Å². The minimum atomic E-state index is -5.11. The number of hydrogen-bond acceptors (Lipinski definition) is 3. The van der Waals surface area contributed by atoms with E-state index in [1.165, 1.54) is 12.2 Å². The molecule has 0 bridgehead atoms. The van der Waals surface area contributed by atoms with Gasteiger partial charge in [-0.2, -0.15) is 13.2 Å². The van der Waals surface area contributed by atoms with Crippen LogP contribution in [0.15, 0.2) is 0 Å². The zero-order chi connectivity index (χ0) is 12.2. The topological polar surface area (TPSA) is 75.6 Å². The molecule has 0 rings (SSSR count). The Morgan fingerprint density at radius 2 is 1.87 bits per heavy atom. The number of alkyl halides is 3. The lowest BCUT2D eigenvalue weighted by Gasteiger charge is -2.20. The first-order valence-electron chi connectivity index (χ1n) is 3.83. The lowest BCUT2D eigenvalue weighted by Crippen LogP contribution is -2.52. The number of carboxylic acids is 1. The fraction of sp³-hybridized carbons (Fsp3) is 0.714. The molecule has 0 aromatic rings. The molecule has 0 radical (unpaired) electrons. The molecule has 0 heterocycles. The monoisotopic (exact) mass is 229 g/mol. The summed E-state index contributed by atoms with van der Waals surface area (Å²) in [6, 6.07) is -1.73. The van der Waals surface area contributed by atoms with Gasteiger partial charge in [-0.3, -0.25) is 4.79 Å². The molecule has 0 aromatic carbocycles. The molecule has 15 heavy (non-hydrogen) atoms. The highest BCUT2D eigenvalue weighted by molar-refractivity contribution is 5.87. The standard InChI is InChI=1S/C7H10F3NO4/c1-3(15-2)4(5(12)13)11-6(14)7(8,9)10/h3-4H,1-2H3,(H,11,14)(H,12,13)/t3-,4+/m1/s1. The average Bonchev–Trinajstić information content (AvgIpc) is 2.10. The van der Waals surface area contributed by atoms with E-state index in [0.717, 1.165) is 7.11 Å². The third kappa shape index (κ3) is 4.15. The zero-order valence-electron chi connectivity index (χ0n) is 7.96. The Kier molecular flexibility index (Phi) is 4.53. The number of ether oxygens (including phenoxy) is 1. The van der Waals surface area contributed by atoms with Gasteiger partial charge in [0.25, 0.3) is 0 Å². The highest BCUT2D eigenvalue weighted by atomic mass is 19.4. The van der Waals surface area contributed by atoms with Crippen molar-refractivity contribution in [3.05, 3.63) is 0 Å². The molecule has 0 fully saturated rings. The normalized spacial score (nSPS) is 15.5. The van der Waals surface area contributed by atoms with Gasteiger partial charge in [0.05, 0.1) is 6.10 Å². The van der Waals surface area contributed by atoms with Gasteiger partial charge in [0.15, 0.2) is 6.04 Å². The van der Waals surface area contributed by atoms with Gasteiger partial charge < -0.3 is 15.2 Å². The molecule has 0 spiro atoms. The smallest absolute Gasteiger partial charge is 0.471 e. The molecule has 2 atom stereocenters. The van der Waals surface area contributed by atoms with Crippen LogP contribution in [0, 0.1) is 0 Å². The lowest BCUT2D eigenvalue weighted by atomic mass is 10.2. The van der Waals surface area contributed by atoms with E-state index in [2.05, 4.69) is 4.74 Å². The second-order valence-corrected chi connectivity index (χ2v) is 2.73. The third-order valence-corrected chi connectivity index (χ3v) is 1.65. The van der Waals surface area contributed by atoms with E-state index in [1.54, 1.807) is 0 Å². The van der Waals surface area contributed by atoms with Gasteiger partial charge >= 0.3 is 18.1 Å². The van der Waals surface area contributed by atoms with Crippen LogP contribution in [0.5, 0.6) is 0 Å². The Labute approximate surface area is 83.2 Å². The molecule has 0 saturated heterocycles. The summed E-state index contributed by atoms with van der Waals surface area (Å²) in [4.78, 5) is 20.9. The molecular formula is C7H10F3NO4. The number of aliphatic carboxylic acids is 1. The van der Waals surface area contributed by atoms with Crippen molar-refractivity contribution in [2.45, 2.75) is 25.2 Å². The summed E-state index contributed by atoms with van der Waals surface area (Å²) in [7, 11) is 1.13. The molecule has 0 aromatic heterocycles. The largest absolute Gasteiger partial charge is 0.480 e. The van der Waals surface area contributed by atoms with Crippen molar-refractivity contribution < 1.29 is 32.6 Å². The van der Waals surface area contributed by atoms with Gasteiger partial charge in [0.1, 0.15) is 0 Å². The number of carbonyl (C=O) groups excluding carboxylic acids is 1. The minimum absolute atomic E-state index is 1.06. The fourth-order valence-electron chi connectivity index (χ4n) is 0.739. The van der Waals surface area contributed by atoms with Gasteiger partial charge in [0.2, 0.25) is 0 Å². The van der Waals surface area contributed by atoms with Gasteiger partial charge in [-0.05, 0) is 6.92 Å². The maximum atomic E-state index is 11.8. The van der Waals surface area contributed by atoms with Crippen LogP contribution in [0.1, 0.15) is 6.92 Å². The van der Waals surface area contributed by atoms with Gasteiger partial charge in [-0.15, -0.1) is 0 Å². The van der Waals surface area contributed by atoms with Crippen LogP contribution in [-0.4, -0.2) is 42.4 Å². The van der Waals surface area contributed by atoms with E-state index >= 15 is 0 Å². The zero-order valence-corrected chi connectivity index (χ0v) is 7.96. The van der Waals surface area contributed by atoms with E-state index < -0.39 is 30.2 Å². The summed E-state index contributed by atoms with van der Waals surface area (Å²) in [5, 5.41) is 9.85. The van der Waals surface area contributed by atoms with Crippen LogP contribution in [0.3, 0.4) is 0 Å². The molecule has 0 saturated carbocycles. The predicted octanol–water partition coefficient (Wildman–Crippen LogP) is 0.153. The molecule has 88 valence electrons. The first-order chi connectivity index (χ1) is 6.70. The SMILES string of the molecule is CO[C@H](C)[C@H](NC(=O)C(F)(F)F)C(=O)O. The number of hydrogen-bond donors (Lipinski definition) is 2. The van der Waals surface area contributed by atoms with E-state index in [0.29, 0.717) is 0 Å². The van der Waals surface area contributed by atoms with Gasteiger partial charge in [-0.1, -0.05) is 0 Å². The molecule has 5 nitrogen and oxygen atoms in total. The number of amides is 1. The van der Waals surface area contributed by atoms with Crippen molar-refractivity contribution >= 4 is 11.9 Å². The van der Waals surface area contributed by atoms with E-state index in [1.807, 2.05) is 0 Å². The van der Waals surface area contributed by atoms with Crippen molar-refractivity contribution in [2.75, 3.05) is 7.11 Å². The number of methoxy groups -OCH3 is 1. The van der Waals surface area contributed by atoms with Crippen LogP contribution in [0.25, 0.3) is 0 Å². The number of halogens is 3. The molecule has 0 aliphatic carbocycles. The summed E-state index contributed by atoms with van der Waals surface area (Å²) in [5.41, 5.74) is 0. The number of carboxylic acid groups (broad SMARTS) is 1. The Balaban J connectivity index is 4.57. The second-order valence-electron chi connectivity index (χ2n) is 2.73. The first kappa shape index (κ1) is 13.7. The summed E-state index contributed by atoms with van der Waals surface area (Å²) in [6.45, 7) is 1.23. The summed E-state index contributed by atoms with van der Waals surface area (Å²) < 4.78 is 39.9. The molecule has 0 unspecified atom stereocenters. The fourth-order valence-corrected chi connectivity index (χ4v) is 0.739. The van der Waals surface area contributed by atoms with Crippen molar-refractivity contribution in [3.63, 3.8) is 0 Å². The van der Waals surface area contributed by atoms with Gasteiger partial charge in [0, 0.05) is 7.11 Å². The maximum Gasteiger partial charge on any atom is 0.471 e. The van der Waals surface area contributed by atoms with Crippen molar-refractivity contribution in [1.29, 1.82) is 0 Å². The Morgan fingerprint density at radius 3 is 2.13 bits per heavy atom. The van der Waals surface area contributed by atoms with E-state index in [4.69, 9.17) is 5.11 Å². The molecule has 8 heteroatoms. The first-order valence-corrected chi connectivity index (χ1v) is 3.83. The number of carbonyl (C=O) groups is 2. The van der Waals surface area contributed by atoms with Crippen LogP contribution in [-0.2, 0) is 14.3 Å². The Hall–Kier alpha value is -1.31. The van der Waals surface area contributed by atoms with E-state index in [-0.39, 0.29) is 0 Å². The predicted molar refractivity (Wildman–Crippen MR) is 42.1 cm³/mol. The summed E-state index contributed by atoms with van der Waals surface area (Å²) >= 11 is 0. The van der Waals surface area contributed by atoms with Crippen LogP contribution < -0.4 is 5.32 Å². The maximum absolute atomic E-state index is 11.8. The Morgan fingerprint density at radius 1 is 1.40 bits per heavy atom. The molecule has 2 N–H and O–H groups in total. The minimum Gasteiger partial charge on any atom is -0.480 e. The molecule has 0 aliphatic heterocycles. The second kappa shape index (κ2) is 4.96. The highest BCUT2D eigenvalue weighted by Crippen LogP contribution is 2.15. The Bertz CT molecular complexity index is 253. The van der Waals surface area contributed by atoms with Gasteiger partial charge in [-0.25, -0.2) is 4.79 Å². The number of rotatable bonds is 4. The molecule has 1 amide bonds. The molecular weight excluding hydrogens is 219 g/mol. The third-order valence-electron chi connectivity index (χ3n) is 1.65. The average molecular weight is 229 g/mol. The van der Waals surface area contributed by atoms with Crippen molar-refractivity contribution in [3.8, 4) is 0 Å². The van der Waals surface area contributed by atoms with Crippen LogP contribution in [0.2, 0.25) is 0 Å².